The minimum absolute atomic E-state index is 0.0765. The molecule has 150 valence electrons. The zero-order valence-electron chi connectivity index (χ0n) is 16.9. The first-order chi connectivity index (χ1) is 13.9. The van der Waals surface area contributed by atoms with Crippen molar-refractivity contribution in [2.45, 2.75) is 26.5 Å². The number of aryl methyl sites for hydroxylation is 2. The van der Waals surface area contributed by atoms with Crippen LogP contribution in [0.25, 0.3) is 10.9 Å². The topological polar surface area (TPSA) is 65.8 Å². The molecule has 0 atom stereocenters. The molecule has 1 aromatic heterocycles. The van der Waals surface area contributed by atoms with Gasteiger partial charge in [-0.1, -0.05) is 12.1 Å². The van der Waals surface area contributed by atoms with Crippen LogP contribution < -0.4 is 15.4 Å². The van der Waals surface area contributed by atoms with Crippen LogP contribution in [0.4, 0.5) is 11.4 Å². The standard InChI is InChI=1S/C23H25N3O3/c1-4-26-20-9-8-16(23(29)24(3)17-7-5-6-15(2)10-17)11-19(20)21(12-22(26)28)25-13-18(27)14-25/h5-12,18,27H,4,13-14H2,1-3H3. The van der Waals surface area contributed by atoms with Gasteiger partial charge in [0, 0.05) is 49.4 Å². The Morgan fingerprint density at radius 2 is 1.93 bits per heavy atom. The number of aromatic nitrogens is 1. The third kappa shape index (κ3) is 3.40. The van der Waals surface area contributed by atoms with Gasteiger partial charge in [0.15, 0.2) is 0 Å². The van der Waals surface area contributed by atoms with Crippen molar-refractivity contribution < 1.29 is 9.90 Å². The third-order valence-corrected chi connectivity index (χ3v) is 5.55. The first kappa shape index (κ1) is 19.2. The minimum Gasteiger partial charge on any atom is -0.389 e. The number of benzene rings is 2. The van der Waals surface area contributed by atoms with Gasteiger partial charge >= 0.3 is 0 Å². The van der Waals surface area contributed by atoms with E-state index in [4.69, 9.17) is 0 Å². The Morgan fingerprint density at radius 3 is 2.59 bits per heavy atom. The van der Waals surface area contributed by atoms with Gasteiger partial charge in [-0.25, -0.2) is 0 Å². The molecule has 4 rings (SSSR count). The lowest BCUT2D eigenvalue weighted by Crippen LogP contribution is -2.51. The molecule has 29 heavy (non-hydrogen) atoms. The number of pyridine rings is 1. The molecular formula is C23H25N3O3. The number of nitrogens with zero attached hydrogens (tertiary/aromatic N) is 3. The van der Waals surface area contributed by atoms with Gasteiger partial charge in [-0.3, -0.25) is 9.59 Å². The monoisotopic (exact) mass is 391 g/mol. The molecule has 0 radical (unpaired) electrons. The van der Waals surface area contributed by atoms with Crippen LogP contribution in [0.1, 0.15) is 22.8 Å². The van der Waals surface area contributed by atoms with Crippen molar-refractivity contribution in [1.82, 2.24) is 4.57 Å². The summed E-state index contributed by atoms with van der Waals surface area (Å²) in [7, 11) is 1.76. The summed E-state index contributed by atoms with van der Waals surface area (Å²) in [6, 6.07) is 14.9. The van der Waals surface area contributed by atoms with Gasteiger partial charge in [0.25, 0.3) is 11.5 Å². The second kappa shape index (κ2) is 7.37. The van der Waals surface area contributed by atoms with Crippen LogP contribution in [-0.2, 0) is 6.54 Å². The Bertz CT molecular complexity index is 1150. The van der Waals surface area contributed by atoms with Gasteiger partial charge in [0.2, 0.25) is 0 Å². The lowest BCUT2D eigenvalue weighted by molar-refractivity contribution is 0.0993. The summed E-state index contributed by atoms with van der Waals surface area (Å²) in [6.07, 6.45) is -0.379. The zero-order valence-corrected chi connectivity index (χ0v) is 16.9. The van der Waals surface area contributed by atoms with Crippen molar-refractivity contribution in [3.8, 4) is 0 Å². The molecule has 1 aliphatic rings. The molecule has 1 aliphatic heterocycles. The predicted octanol–water partition coefficient (Wildman–Crippen LogP) is 2.79. The fourth-order valence-electron chi connectivity index (χ4n) is 3.89. The molecule has 1 fully saturated rings. The van der Waals surface area contributed by atoms with E-state index in [1.807, 2.05) is 55.1 Å². The van der Waals surface area contributed by atoms with Crippen molar-refractivity contribution in [3.05, 3.63) is 70.0 Å². The van der Waals surface area contributed by atoms with E-state index in [9.17, 15) is 14.7 Å². The largest absolute Gasteiger partial charge is 0.389 e. The van der Waals surface area contributed by atoms with Crippen LogP contribution in [0.3, 0.4) is 0 Å². The Balaban J connectivity index is 1.80. The molecule has 6 nitrogen and oxygen atoms in total. The molecule has 0 unspecified atom stereocenters. The maximum absolute atomic E-state index is 13.1. The minimum atomic E-state index is -0.379. The first-order valence-electron chi connectivity index (χ1n) is 9.84. The lowest BCUT2D eigenvalue weighted by atomic mass is 10.0. The highest BCUT2D eigenvalue weighted by Crippen LogP contribution is 2.30. The first-order valence-corrected chi connectivity index (χ1v) is 9.84. The molecule has 1 amide bonds. The summed E-state index contributed by atoms with van der Waals surface area (Å²) in [4.78, 5) is 29.3. The number of carbonyl (C=O) groups excluding carboxylic acids is 1. The average molecular weight is 391 g/mol. The number of anilines is 2. The highest BCUT2D eigenvalue weighted by molar-refractivity contribution is 6.08. The van der Waals surface area contributed by atoms with Gasteiger partial charge in [-0.2, -0.15) is 0 Å². The van der Waals surface area contributed by atoms with Crippen LogP contribution in [0.5, 0.6) is 0 Å². The highest BCUT2D eigenvalue weighted by Gasteiger charge is 2.27. The van der Waals surface area contributed by atoms with Gasteiger partial charge in [0.1, 0.15) is 0 Å². The number of aliphatic hydroxyl groups excluding tert-OH is 1. The van der Waals surface area contributed by atoms with Crippen LogP contribution in [-0.4, -0.2) is 41.8 Å². The molecule has 0 aliphatic carbocycles. The molecule has 2 heterocycles. The Morgan fingerprint density at radius 1 is 1.17 bits per heavy atom. The van der Waals surface area contributed by atoms with E-state index < -0.39 is 0 Å². The normalized spacial score (nSPS) is 14.1. The van der Waals surface area contributed by atoms with E-state index >= 15 is 0 Å². The molecule has 1 N–H and O–H groups in total. The van der Waals surface area contributed by atoms with E-state index in [2.05, 4.69) is 0 Å². The summed E-state index contributed by atoms with van der Waals surface area (Å²) >= 11 is 0. The average Bonchev–Trinajstić information content (AvgIpc) is 2.69. The number of amides is 1. The third-order valence-electron chi connectivity index (χ3n) is 5.55. The van der Waals surface area contributed by atoms with Crippen molar-refractivity contribution in [2.24, 2.45) is 0 Å². The Labute approximate surface area is 169 Å². The zero-order chi connectivity index (χ0) is 20.7. The van der Waals surface area contributed by atoms with Gasteiger partial charge in [-0.15, -0.1) is 0 Å². The van der Waals surface area contributed by atoms with Crippen LogP contribution in [0.2, 0.25) is 0 Å². The second-order valence-corrected chi connectivity index (χ2v) is 7.61. The van der Waals surface area contributed by atoms with Crippen LogP contribution >= 0.6 is 0 Å². The van der Waals surface area contributed by atoms with Crippen molar-refractivity contribution in [1.29, 1.82) is 0 Å². The number of carbonyl (C=O) groups is 1. The second-order valence-electron chi connectivity index (χ2n) is 7.61. The summed E-state index contributed by atoms with van der Waals surface area (Å²) in [5, 5.41) is 10.5. The van der Waals surface area contributed by atoms with E-state index in [1.165, 1.54) is 0 Å². The number of aliphatic hydroxyl groups is 1. The summed E-state index contributed by atoms with van der Waals surface area (Å²) in [6.45, 7) is 5.46. The summed E-state index contributed by atoms with van der Waals surface area (Å²) in [5.41, 5.74) is 3.97. The van der Waals surface area contributed by atoms with Crippen LogP contribution in [0, 0.1) is 6.92 Å². The van der Waals surface area contributed by atoms with Crippen molar-refractivity contribution in [3.63, 3.8) is 0 Å². The van der Waals surface area contributed by atoms with Gasteiger partial charge in [0.05, 0.1) is 17.3 Å². The molecule has 3 aromatic rings. The molecular weight excluding hydrogens is 366 g/mol. The molecule has 1 saturated heterocycles. The predicted molar refractivity (Wildman–Crippen MR) is 116 cm³/mol. The quantitative estimate of drug-likeness (QED) is 0.743. The van der Waals surface area contributed by atoms with Crippen molar-refractivity contribution in [2.75, 3.05) is 29.9 Å². The number of fused-ring (bicyclic) bond motifs is 1. The fourth-order valence-corrected chi connectivity index (χ4v) is 3.89. The Kier molecular flexibility index (Phi) is 4.88. The molecule has 6 heteroatoms. The number of hydrogen-bond acceptors (Lipinski definition) is 4. The lowest BCUT2D eigenvalue weighted by Gasteiger charge is -2.38. The smallest absolute Gasteiger partial charge is 0.258 e. The SMILES string of the molecule is CCn1c(=O)cc(N2CC(O)C2)c2cc(C(=O)N(C)c3cccc(C)c3)ccc21. The molecule has 0 spiro atoms. The van der Waals surface area contributed by atoms with E-state index in [1.54, 1.807) is 28.6 Å². The van der Waals surface area contributed by atoms with Gasteiger partial charge < -0.3 is 19.5 Å². The Hall–Kier alpha value is -3.12. The fraction of sp³-hybridized carbons (Fsp3) is 0.304. The maximum Gasteiger partial charge on any atom is 0.258 e. The molecule has 2 aromatic carbocycles. The van der Waals surface area contributed by atoms with Crippen LogP contribution in [0.15, 0.2) is 53.3 Å². The van der Waals surface area contributed by atoms with Crippen molar-refractivity contribution >= 4 is 28.2 Å². The van der Waals surface area contributed by atoms with E-state index in [0.29, 0.717) is 25.2 Å². The number of hydrogen-bond donors (Lipinski definition) is 1. The van der Waals surface area contributed by atoms with E-state index in [0.717, 1.165) is 27.8 Å². The van der Waals surface area contributed by atoms with Gasteiger partial charge in [-0.05, 0) is 49.7 Å². The number of rotatable bonds is 4. The summed E-state index contributed by atoms with van der Waals surface area (Å²) in [5.74, 6) is -0.110. The highest BCUT2D eigenvalue weighted by atomic mass is 16.3. The molecule has 0 saturated carbocycles. The number of β-amino-alcohol motifs (C(OH)–C–C–N with tert-alkyl or cyclic N) is 1. The summed E-state index contributed by atoms with van der Waals surface area (Å²) < 4.78 is 1.70. The molecule has 0 bridgehead atoms. The maximum atomic E-state index is 13.1. The van der Waals surface area contributed by atoms with E-state index in [-0.39, 0.29) is 17.6 Å².